The van der Waals surface area contributed by atoms with Crippen LogP contribution in [0.25, 0.3) is 0 Å². The average molecular weight is 261 g/mol. The number of aliphatic hydroxyl groups is 1. The summed E-state index contributed by atoms with van der Waals surface area (Å²) in [7, 11) is -3.36. The molecule has 0 fully saturated rings. The molecule has 0 spiro atoms. The van der Waals surface area contributed by atoms with Gasteiger partial charge in [-0.2, -0.15) is 0 Å². The van der Waals surface area contributed by atoms with Gasteiger partial charge in [0.25, 0.3) is 0 Å². The number of sulfonamides is 1. The van der Waals surface area contributed by atoms with Gasteiger partial charge in [0.05, 0.1) is 11.5 Å². The lowest BCUT2D eigenvalue weighted by Crippen LogP contribution is -2.22. The second kappa shape index (κ2) is 6.24. The number of hydrogen-bond donors (Lipinski definition) is 2. The van der Waals surface area contributed by atoms with Crippen molar-refractivity contribution in [3.05, 3.63) is 24.3 Å². The summed E-state index contributed by atoms with van der Waals surface area (Å²) in [5.74, 6) is 0.610. The van der Waals surface area contributed by atoms with Gasteiger partial charge in [-0.1, -0.05) is 6.92 Å². The zero-order valence-electron chi connectivity index (χ0n) is 9.01. The largest absolute Gasteiger partial charge is 0.396 e. The molecular weight excluding hydrogens is 246 g/mol. The van der Waals surface area contributed by atoms with E-state index in [9.17, 15) is 8.42 Å². The molecule has 0 amide bonds. The molecular formula is C10H15NO3S2. The third kappa shape index (κ3) is 3.79. The van der Waals surface area contributed by atoms with Gasteiger partial charge in [0.1, 0.15) is 0 Å². The van der Waals surface area contributed by atoms with Gasteiger partial charge >= 0.3 is 0 Å². The Bertz CT molecular complexity index is 414. The monoisotopic (exact) mass is 261 g/mol. The molecule has 0 radical (unpaired) electrons. The molecule has 0 atom stereocenters. The SMILES string of the molecule is CCNS(=O)(=O)c1ccc(SCCO)cc1. The Balaban J connectivity index is 2.78. The van der Waals surface area contributed by atoms with Crippen molar-refractivity contribution in [1.82, 2.24) is 4.72 Å². The van der Waals surface area contributed by atoms with Crippen molar-refractivity contribution in [2.24, 2.45) is 0 Å². The smallest absolute Gasteiger partial charge is 0.240 e. The molecule has 0 saturated heterocycles. The topological polar surface area (TPSA) is 66.4 Å². The molecule has 4 nitrogen and oxygen atoms in total. The van der Waals surface area contributed by atoms with Crippen LogP contribution in [0.3, 0.4) is 0 Å². The minimum atomic E-state index is -3.36. The lowest BCUT2D eigenvalue weighted by Gasteiger charge is -2.05. The Labute approximate surface area is 100 Å². The van der Waals surface area contributed by atoms with Crippen LogP contribution in [0, 0.1) is 0 Å². The van der Waals surface area contributed by atoms with E-state index in [-0.39, 0.29) is 11.5 Å². The second-order valence-corrected chi connectivity index (χ2v) is 5.98. The summed E-state index contributed by atoms with van der Waals surface area (Å²) in [4.78, 5) is 1.21. The van der Waals surface area contributed by atoms with Crippen LogP contribution >= 0.6 is 11.8 Å². The first kappa shape index (κ1) is 13.5. The fraction of sp³-hybridized carbons (Fsp3) is 0.400. The highest BCUT2D eigenvalue weighted by Crippen LogP contribution is 2.19. The third-order valence-corrected chi connectivity index (χ3v) is 4.38. The van der Waals surface area contributed by atoms with E-state index in [4.69, 9.17) is 5.11 Å². The van der Waals surface area contributed by atoms with Crippen molar-refractivity contribution in [2.45, 2.75) is 16.7 Å². The summed E-state index contributed by atoms with van der Waals surface area (Å²) in [6, 6.07) is 6.62. The lowest BCUT2D eigenvalue weighted by molar-refractivity contribution is 0.322. The van der Waals surface area contributed by atoms with Crippen LogP contribution in [-0.4, -0.2) is 32.4 Å². The lowest BCUT2D eigenvalue weighted by atomic mass is 10.4. The maximum absolute atomic E-state index is 11.6. The normalized spacial score (nSPS) is 11.6. The van der Waals surface area contributed by atoms with Crippen molar-refractivity contribution >= 4 is 21.8 Å². The Morgan fingerprint density at radius 3 is 2.44 bits per heavy atom. The molecule has 0 heterocycles. The maximum atomic E-state index is 11.6. The van der Waals surface area contributed by atoms with Gasteiger partial charge < -0.3 is 5.11 Å². The van der Waals surface area contributed by atoms with E-state index in [0.29, 0.717) is 12.3 Å². The Morgan fingerprint density at radius 2 is 1.94 bits per heavy atom. The molecule has 1 rings (SSSR count). The summed E-state index contributed by atoms with van der Waals surface area (Å²) in [5.41, 5.74) is 0. The minimum absolute atomic E-state index is 0.113. The van der Waals surface area contributed by atoms with E-state index in [1.807, 2.05) is 0 Å². The Morgan fingerprint density at radius 1 is 1.31 bits per heavy atom. The molecule has 0 aromatic heterocycles. The zero-order valence-corrected chi connectivity index (χ0v) is 10.6. The number of rotatable bonds is 6. The van der Waals surface area contributed by atoms with Crippen LogP contribution in [0.4, 0.5) is 0 Å². The van der Waals surface area contributed by atoms with E-state index in [1.54, 1.807) is 31.2 Å². The van der Waals surface area contributed by atoms with Crippen LogP contribution < -0.4 is 4.72 Å². The quantitative estimate of drug-likeness (QED) is 0.752. The number of aliphatic hydroxyl groups excluding tert-OH is 1. The molecule has 6 heteroatoms. The molecule has 90 valence electrons. The summed E-state index contributed by atoms with van der Waals surface area (Å²) >= 11 is 1.49. The molecule has 2 N–H and O–H groups in total. The highest BCUT2D eigenvalue weighted by atomic mass is 32.2. The van der Waals surface area contributed by atoms with Gasteiger partial charge in [-0.15, -0.1) is 11.8 Å². The van der Waals surface area contributed by atoms with Crippen LogP contribution in [-0.2, 0) is 10.0 Å². The summed E-state index contributed by atoms with van der Waals surface area (Å²) < 4.78 is 25.6. The molecule has 16 heavy (non-hydrogen) atoms. The van der Waals surface area contributed by atoms with E-state index < -0.39 is 10.0 Å². The van der Waals surface area contributed by atoms with Crippen molar-refractivity contribution in [2.75, 3.05) is 18.9 Å². The standard InChI is InChI=1S/C10H15NO3S2/c1-2-11-16(13,14)10-5-3-9(4-6-10)15-8-7-12/h3-6,11-12H,2,7-8H2,1H3. The number of thioether (sulfide) groups is 1. The van der Waals surface area contributed by atoms with Gasteiger partial charge in [0, 0.05) is 17.2 Å². The van der Waals surface area contributed by atoms with E-state index in [1.165, 1.54) is 11.8 Å². The first-order chi connectivity index (χ1) is 7.60. The number of benzene rings is 1. The molecule has 1 aromatic rings. The molecule has 0 aliphatic heterocycles. The fourth-order valence-electron chi connectivity index (χ4n) is 1.15. The highest BCUT2D eigenvalue weighted by molar-refractivity contribution is 7.99. The Hall–Kier alpha value is -0.560. The average Bonchev–Trinajstić information content (AvgIpc) is 2.27. The highest BCUT2D eigenvalue weighted by Gasteiger charge is 2.11. The third-order valence-electron chi connectivity index (χ3n) is 1.83. The van der Waals surface area contributed by atoms with E-state index in [0.717, 1.165) is 4.90 Å². The van der Waals surface area contributed by atoms with Crippen LogP contribution in [0.1, 0.15) is 6.92 Å². The van der Waals surface area contributed by atoms with Crippen LogP contribution in [0.15, 0.2) is 34.1 Å². The van der Waals surface area contributed by atoms with Crippen molar-refractivity contribution in [1.29, 1.82) is 0 Å². The first-order valence-electron chi connectivity index (χ1n) is 4.93. The van der Waals surface area contributed by atoms with Gasteiger partial charge in [-0.25, -0.2) is 13.1 Å². The molecule has 0 saturated carbocycles. The second-order valence-electron chi connectivity index (χ2n) is 3.04. The zero-order chi connectivity index (χ0) is 12.0. The Kier molecular flexibility index (Phi) is 5.27. The molecule has 0 bridgehead atoms. The van der Waals surface area contributed by atoms with Crippen LogP contribution in [0.5, 0.6) is 0 Å². The predicted molar refractivity (Wildman–Crippen MR) is 65.1 cm³/mol. The fourth-order valence-corrected chi connectivity index (χ4v) is 2.85. The van der Waals surface area contributed by atoms with E-state index >= 15 is 0 Å². The van der Waals surface area contributed by atoms with E-state index in [2.05, 4.69) is 4.72 Å². The summed E-state index contributed by atoms with van der Waals surface area (Å²) in [6.07, 6.45) is 0. The van der Waals surface area contributed by atoms with Gasteiger partial charge in [0.2, 0.25) is 10.0 Å². The van der Waals surface area contributed by atoms with Crippen LogP contribution in [0.2, 0.25) is 0 Å². The van der Waals surface area contributed by atoms with Gasteiger partial charge in [-0.05, 0) is 24.3 Å². The maximum Gasteiger partial charge on any atom is 0.240 e. The van der Waals surface area contributed by atoms with Crippen molar-refractivity contribution in [3.63, 3.8) is 0 Å². The molecule has 0 unspecified atom stereocenters. The molecule has 1 aromatic carbocycles. The predicted octanol–water partition coefficient (Wildman–Crippen LogP) is 1.07. The van der Waals surface area contributed by atoms with Crippen molar-refractivity contribution < 1.29 is 13.5 Å². The summed E-state index contributed by atoms with van der Waals surface area (Å²) in [5, 5.41) is 8.65. The first-order valence-corrected chi connectivity index (χ1v) is 7.40. The minimum Gasteiger partial charge on any atom is -0.396 e. The summed E-state index contributed by atoms with van der Waals surface area (Å²) in [6.45, 7) is 2.23. The van der Waals surface area contributed by atoms with Gasteiger partial charge in [0.15, 0.2) is 0 Å². The number of hydrogen-bond acceptors (Lipinski definition) is 4. The van der Waals surface area contributed by atoms with Gasteiger partial charge in [-0.3, -0.25) is 0 Å². The number of nitrogens with one attached hydrogen (secondary N) is 1. The van der Waals surface area contributed by atoms with Crippen molar-refractivity contribution in [3.8, 4) is 0 Å². The molecule has 0 aliphatic carbocycles. The molecule has 0 aliphatic rings.